The van der Waals surface area contributed by atoms with E-state index in [1.54, 1.807) is 12.3 Å². The highest BCUT2D eigenvalue weighted by Gasteiger charge is 2.52. The summed E-state index contributed by atoms with van der Waals surface area (Å²) in [6, 6.07) is 8.36. The summed E-state index contributed by atoms with van der Waals surface area (Å²) in [7, 11) is -4.43. The summed E-state index contributed by atoms with van der Waals surface area (Å²) in [6.45, 7) is 1.33. The second kappa shape index (κ2) is 10.6. The molecule has 0 aliphatic carbocycles. The van der Waals surface area contributed by atoms with Crippen molar-refractivity contribution in [1.82, 2.24) is 25.6 Å². The number of rotatable bonds is 11. The summed E-state index contributed by atoms with van der Waals surface area (Å²) in [6.07, 6.45) is 2.80. The number of aromatic nitrogens is 1. The molecule has 13 nitrogen and oxygen atoms in total. The van der Waals surface area contributed by atoms with Crippen LogP contribution in [0.2, 0.25) is 0 Å². The van der Waals surface area contributed by atoms with E-state index in [9.17, 15) is 23.1 Å². The highest BCUT2D eigenvalue weighted by Crippen LogP contribution is 2.22. The first-order valence-electron chi connectivity index (χ1n) is 9.99. The largest absolute Gasteiger partial charge is 0.478 e. The maximum absolute atomic E-state index is 13.1. The Kier molecular flexibility index (Phi) is 7.88. The van der Waals surface area contributed by atoms with E-state index in [4.69, 9.17) is 9.36 Å². The quantitative estimate of drug-likeness (QED) is 0.248. The van der Waals surface area contributed by atoms with Gasteiger partial charge in [0.2, 0.25) is 21.4 Å². The van der Waals surface area contributed by atoms with Crippen molar-refractivity contribution in [2.24, 2.45) is 4.99 Å². The molecule has 1 aromatic heterocycles. The standard InChI is InChI=1S/C19H24N6O7S/c1-2-31-25(16(26)15-9-12-23-32-15)19(17(27)28,13-22-18-20-10-6-11-21-18)24-33(29,30)14-7-4-3-5-8-14/h3-5,7-10,12,18,21-22,24H,2,6,11,13H2,1H3,(H,27,28). The second-order valence-corrected chi connectivity index (χ2v) is 8.52. The Morgan fingerprint density at radius 2 is 2.09 bits per heavy atom. The van der Waals surface area contributed by atoms with Gasteiger partial charge in [-0.15, -0.1) is 0 Å². The molecule has 1 aliphatic rings. The van der Waals surface area contributed by atoms with Gasteiger partial charge in [0.25, 0.3) is 0 Å². The molecule has 2 aromatic rings. The number of benzene rings is 1. The molecule has 0 fully saturated rings. The summed E-state index contributed by atoms with van der Waals surface area (Å²) in [5.74, 6) is -3.09. The number of hydrogen-bond donors (Lipinski definition) is 4. The first-order chi connectivity index (χ1) is 15.8. The van der Waals surface area contributed by atoms with Crippen LogP contribution in [0.15, 0.2) is 57.0 Å². The number of aliphatic carboxylic acids is 1. The number of sulfonamides is 1. The van der Waals surface area contributed by atoms with Crippen LogP contribution < -0.4 is 15.4 Å². The van der Waals surface area contributed by atoms with E-state index in [0.717, 1.165) is 0 Å². The minimum atomic E-state index is -4.43. The van der Waals surface area contributed by atoms with Crippen molar-refractivity contribution < 1.29 is 32.5 Å². The van der Waals surface area contributed by atoms with Crippen molar-refractivity contribution in [3.63, 3.8) is 0 Å². The van der Waals surface area contributed by atoms with Gasteiger partial charge in [0.1, 0.15) is 0 Å². The van der Waals surface area contributed by atoms with Gasteiger partial charge in [0.15, 0.2) is 6.29 Å². The molecule has 0 bridgehead atoms. The number of carboxylic acid groups (broad SMARTS) is 1. The fourth-order valence-electron chi connectivity index (χ4n) is 3.02. The molecule has 0 saturated heterocycles. The highest BCUT2D eigenvalue weighted by molar-refractivity contribution is 7.89. The fourth-order valence-corrected chi connectivity index (χ4v) is 4.34. The number of carboxylic acids is 1. The molecule has 1 aliphatic heterocycles. The zero-order chi connectivity index (χ0) is 23.9. The average molecular weight is 481 g/mol. The summed E-state index contributed by atoms with van der Waals surface area (Å²) in [4.78, 5) is 35.1. The monoisotopic (exact) mass is 480 g/mol. The smallest absolute Gasteiger partial charge is 0.349 e. The molecule has 4 N–H and O–H groups in total. The van der Waals surface area contributed by atoms with Gasteiger partial charge in [-0.1, -0.05) is 23.4 Å². The molecule has 0 spiro atoms. The molecular formula is C19H24N6O7S. The Morgan fingerprint density at radius 3 is 2.67 bits per heavy atom. The zero-order valence-corrected chi connectivity index (χ0v) is 18.5. The lowest BCUT2D eigenvalue weighted by Gasteiger charge is -2.39. The summed E-state index contributed by atoms with van der Waals surface area (Å²) in [5, 5.41) is 20.0. The SMILES string of the molecule is CCON(C(=O)c1ccno1)C(CNC1N=CCCN1)(NS(=O)(=O)c1ccccc1)C(=O)O. The van der Waals surface area contributed by atoms with E-state index < -0.39 is 40.4 Å². The van der Waals surface area contributed by atoms with Crippen LogP contribution >= 0.6 is 0 Å². The molecule has 14 heteroatoms. The molecule has 1 aromatic carbocycles. The summed E-state index contributed by atoms with van der Waals surface area (Å²) < 4.78 is 33.3. The topological polar surface area (TPSA) is 175 Å². The van der Waals surface area contributed by atoms with E-state index in [1.165, 1.54) is 43.5 Å². The van der Waals surface area contributed by atoms with Crippen LogP contribution in [0.5, 0.6) is 0 Å². The maximum Gasteiger partial charge on any atom is 0.349 e. The lowest BCUT2D eigenvalue weighted by atomic mass is 10.1. The molecule has 1 amide bonds. The van der Waals surface area contributed by atoms with Crippen LogP contribution in [-0.2, 0) is 19.7 Å². The van der Waals surface area contributed by atoms with Crippen molar-refractivity contribution >= 4 is 28.1 Å². The fraction of sp³-hybridized carbons (Fsp3) is 0.368. The lowest BCUT2D eigenvalue weighted by Crippen LogP contribution is -2.71. The first-order valence-corrected chi connectivity index (χ1v) is 11.5. The number of aliphatic imine (C=N–C) groups is 1. The van der Waals surface area contributed by atoms with E-state index in [0.29, 0.717) is 18.0 Å². The number of carbonyl (C=O) groups excluding carboxylic acids is 1. The average Bonchev–Trinajstić information content (AvgIpc) is 3.36. The molecule has 178 valence electrons. The maximum atomic E-state index is 13.1. The van der Waals surface area contributed by atoms with Gasteiger partial charge >= 0.3 is 11.9 Å². The van der Waals surface area contributed by atoms with Gasteiger partial charge in [0, 0.05) is 25.4 Å². The van der Waals surface area contributed by atoms with Gasteiger partial charge in [-0.05, 0) is 25.5 Å². The Hall–Kier alpha value is -3.17. The minimum Gasteiger partial charge on any atom is -0.478 e. The third-order valence-corrected chi connectivity index (χ3v) is 6.06. The molecule has 0 radical (unpaired) electrons. The number of hydrogen-bond acceptors (Lipinski definition) is 10. The van der Waals surface area contributed by atoms with Gasteiger partial charge in [-0.2, -0.15) is 9.79 Å². The van der Waals surface area contributed by atoms with Crippen LogP contribution in [-0.4, -0.2) is 73.5 Å². The van der Waals surface area contributed by atoms with Crippen molar-refractivity contribution in [1.29, 1.82) is 0 Å². The van der Waals surface area contributed by atoms with Gasteiger partial charge in [-0.25, -0.2) is 13.2 Å². The van der Waals surface area contributed by atoms with Crippen LogP contribution in [0.4, 0.5) is 0 Å². The summed E-state index contributed by atoms with van der Waals surface area (Å²) in [5.41, 5.74) is -2.62. The third-order valence-electron chi connectivity index (χ3n) is 4.57. The van der Waals surface area contributed by atoms with Crippen molar-refractivity contribution in [2.45, 2.75) is 30.2 Å². The third kappa shape index (κ3) is 5.61. The molecule has 33 heavy (non-hydrogen) atoms. The zero-order valence-electron chi connectivity index (χ0n) is 17.7. The van der Waals surface area contributed by atoms with Crippen LogP contribution in [0.1, 0.15) is 23.9 Å². The van der Waals surface area contributed by atoms with Crippen LogP contribution in [0.25, 0.3) is 0 Å². The van der Waals surface area contributed by atoms with E-state index in [1.807, 2.05) is 0 Å². The second-order valence-electron chi connectivity index (χ2n) is 6.84. The van der Waals surface area contributed by atoms with E-state index in [-0.39, 0.29) is 17.3 Å². The Morgan fingerprint density at radius 1 is 1.33 bits per heavy atom. The van der Waals surface area contributed by atoms with Crippen molar-refractivity contribution in [2.75, 3.05) is 19.7 Å². The lowest BCUT2D eigenvalue weighted by molar-refractivity contribution is -0.203. The number of nitrogens with one attached hydrogen (secondary N) is 3. The highest BCUT2D eigenvalue weighted by atomic mass is 32.2. The normalized spacial score (nSPS) is 17.9. The number of carbonyl (C=O) groups is 2. The van der Waals surface area contributed by atoms with E-state index >= 15 is 0 Å². The van der Waals surface area contributed by atoms with Crippen LogP contribution in [0, 0.1) is 0 Å². The molecule has 0 saturated carbocycles. The molecular weight excluding hydrogens is 456 g/mol. The number of nitrogens with zero attached hydrogens (tertiary/aromatic N) is 3. The molecule has 2 unspecified atom stereocenters. The molecule has 3 rings (SSSR count). The van der Waals surface area contributed by atoms with Gasteiger partial charge in [0.05, 0.1) is 17.7 Å². The predicted molar refractivity (Wildman–Crippen MR) is 114 cm³/mol. The Bertz CT molecular complexity index is 1080. The summed E-state index contributed by atoms with van der Waals surface area (Å²) >= 11 is 0. The van der Waals surface area contributed by atoms with E-state index in [2.05, 4.69) is 25.5 Å². The molecule has 2 atom stereocenters. The van der Waals surface area contributed by atoms with Crippen molar-refractivity contribution in [3.8, 4) is 0 Å². The Balaban J connectivity index is 2.06. The molecule has 2 heterocycles. The van der Waals surface area contributed by atoms with Gasteiger partial charge < -0.3 is 9.63 Å². The number of hydroxylamine groups is 2. The van der Waals surface area contributed by atoms with Crippen molar-refractivity contribution in [3.05, 3.63) is 48.4 Å². The first kappa shape index (κ1) is 24.5. The van der Waals surface area contributed by atoms with Gasteiger partial charge in [-0.3, -0.25) is 25.3 Å². The minimum absolute atomic E-state index is 0.151. The number of amides is 1. The Labute approximate surface area is 189 Å². The van der Waals surface area contributed by atoms with Crippen LogP contribution in [0.3, 0.4) is 0 Å². The predicted octanol–water partition coefficient (Wildman–Crippen LogP) is -0.235.